The Kier molecular flexibility index (Phi) is 2.47. The number of esters is 1. The van der Waals surface area contributed by atoms with Gasteiger partial charge in [-0.1, -0.05) is 0 Å². The molecule has 2 atom stereocenters. The minimum Gasteiger partial charge on any atom is -0.465 e. The first-order chi connectivity index (χ1) is 6.69. The number of hydrogen-bond acceptors (Lipinski definition) is 3. The fourth-order valence-corrected chi connectivity index (χ4v) is 2.68. The topological polar surface area (TPSA) is 29.5 Å². The van der Waals surface area contributed by atoms with Crippen molar-refractivity contribution in [3.05, 3.63) is 0 Å². The molecule has 0 aromatic carbocycles. The van der Waals surface area contributed by atoms with Crippen LogP contribution in [0.5, 0.6) is 0 Å². The molecule has 0 aromatic rings. The molecule has 0 bridgehead atoms. The second-order valence-electron chi connectivity index (χ2n) is 4.10. The van der Waals surface area contributed by atoms with Gasteiger partial charge in [-0.2, -0.15) is 0 Å². The summed E-state index contributed by atoms with van der Waals surface area (Å²) in [5, 5.41) is 0. The molecule has 2 aliphatic heterocycles. The summed E-state index contributed by atoms with van der Waals surface area (Å²) in [6.07, 6.45) is 1.20. The molecule has 2 aliphatic rings. The van der Waals surface area contributed by atoms with Crippen LogP contribution in [0.15, 0.2) is 0 Å². The number of nitrogens with zero attached hydrogens (tertiary/aromatic N) is 1. The van der Waals surface area contributed by atoms with E-state index in [2.05, 4.69) is 0 Å². The molecular formula is C10H16FNO2. The van der Waals surface area contributed by atoms with Gasteiger partial charge in [0.15, 0.2) is 0 Å². The van der Waals surface area contributed by atoms with Crippen LogP contribution in [0.2, 0.25) is 0 Å². The Morgan fingerprint density at radius 2 is 2.50 bits per heavy atom. The van der Waals surface area contributed by atoms with Gasteiger partial charge in [0.1, 0.15) is 11.7 Å². The van der Waals surface area contributed by atoms with Gasteiger partial charge in [-0.25, -0.2) is 4.39 Å². The molecule has 2 saturated heterocycles. The predicted molar refractivity (Wildman–Crippen MR) is 49.7 cm³/mol. The van der Waals surface area contributed by atoms with Crippen LogP contribution in [-0.4, -0.2) is 42.3 Å². The lowest BCUT2D eigenvalue weighted by Crippen LogP contribution is -2.46. The highest BCUT2D eigenvalue weighted by Crippen LogP contribution is 2.40. The summed E-state index contributed by atoms with van der Waals surface area (Å²) in [5.41, 5.74) is -0.616. The summed E-state index contributed by atoms with van der Waals surface area (Å²) in [4.78, 5) is 13.7. The molecule has 0 saturated carbocycles. The first kappa shape index (κ1) is 9.90. The lowest BCUT2D eigenvalue weighted by atomic mass is 9.94. The van der Waals surface area contributed by atoms with Gasteiger partial charge in [0.2, 0.25) is 0 Å². The van der Waals surface area contributed by atoms with Crippen molar-refractivity contribution >= 4 is 5.97 Å². The van der Waals surface area contributed by atoms with Gasteiger partial charge in [-0.15, -0.1) is 0 Å². The maximum atomic E-state index is 13.2. The highest BCUT2D eigenvalue weighted by molar-refractivity contribution is 5.82. The van der Waals surface area contributed by atoms with Gasteiger partial charge in [0.25, 0.3) is 0 Å². The van der Waals surface area contributed by atoms with E-state index in [0.717, 1.165) is 19.4 Å². The molecule has 2 rings (SSSR count). The van der Waals surface area contributed by atoms with Crippen LogP contribution < -0.4 is 0 Å². The summed E-state index contributed by atoms with van der Waals surface area (Å²) in [6, 6.07) is 0. The van der Waals surface area contributed by atoms with Crippen molar-refractivity contribution in [1.29, 1.82) is 0 Å². The van der Waals surface area contributed by atoms with E-state index in [0.29, 0.717) is 19.6 Å². The molecule has 14 heavy (non-hydrogen) atoms. The number of halogens is 1. The standard InChI is InChI=1S/C10H16FNO2/c1-2-14-9(13)10-4-3-5-12(10)7-8(11)6-10/h8H,2-7H2,1H3/t8-,10+/m0/s1. The van der Waals surface area contributed by atoms with Crippen LogP contribution >= 0.6 is 0 Å². The van der Waals surface area contributed by atoms with Gasteiger partial charge in [0.05, 0.1) is 6.61 Å². The van der Waals surface area contributed by atoms with Gasteiger partial charge < -0.3 is 4.74 Å². The minimum atomic E-state index is -0.861. The van der Waals surface area contributed by atoms with Crippen LogP contribution in [0, 0.1) is 0 Å². The van der Waals surface area contributed by atoms with E-state index in [-0.39, 0.29) is 5.97 Å². The summed E-state index contributed by atoms with van der Waals surface area (Å²) in [6.45, 7) is 3.40. The Morgan fingerprint density at radius 1 is 1.71 bits per heavy atom. The van der Waals surface area contributed by atoms with Crippen molar-refractivity contribution in [2.45, 2.75) is 37.9 Å². The summed E-state index contributed by atoms with van der Waals surface area (Å²) in [5.74, 6) is -0.224. The predicted octanol–water partition coefficient (Wildman–Crippen LogP) is 1.13. The van der Waals surface area contributed by atoms with Crippen molar-refractivity contribution < 1.29 is 13.9 Å². The van der Waals surface area contributed by atoms with Gasteiger partial charge in [-0.05, 0) is 26.3 Å². The zero-order valence-electron chi connectivity index (χ0n) is 8.46. The monoisotopic (exact) mass is 201 g/mol. The molecule has 0 N–H and O–H groups in total. The minimum absolute atomic E-state index is 0.224. The Bertz CT molecular complexity index is 246. The van der Waals surface area contributed by atoms with E-state index in [1.54, 1.807) is 6.92 Å². The van der Waals surface area contributed by atoms with Crippen LogP contribution in [-0.2, 0) is 9.53 Å². The average molecular weight is 201 g/mol. The van der Waals surface area contributed by atoms with Crippen molar-refractivity contribution in [3.8, 4) is 0 Å². The highest BCUT2D eigenvalue weighted by Gasteiger charge is 2.54. The Balaban J connectivity index is 2.15. The lowest BCUT2D eigenvalue weighted by molar-refractivity contribution is -0.154. The van der Waals surface area contributed by atoms with Crippen LogP contribution in [0.1, 0.15) is 26.2 Å². The van der Waals surface area contributed by atoms with E-state index < -0.39 is 11.7 Å². The maximum absolute atomic E-state index is 13.2. The SMILES string of the molecule is CCOC(=O)[C@]12CCCN1C[C@@H](F)C2. The van der Waals surface area contributed by atoms with Gasteiger partial charge in [-0.3, -0.25) is 9.69 Å². The third kappa shape index (κ3) is 1.32. The summed E-state index contributed by atoms with van der Waals surface area (Å²) < 4.78 is 18.3. The zero-order valence-corrected chi connectivity index (χ0v) is 8.46. The van der Waals surface area contributed by atoms with Gasteiger partial charge in [0, 0.05) is 13.0 Å². The number of fused-ring (bicyclic) bond motifs is 1. The largest absolute Gasteiger partial charge is 0.465 e. The molecule has 4 heteroatoms. The van der Waals surface area contributed by atoms with E-state index in [1.165, 1.54) is 0 Å². The maximum Gasteiger partial charge on any atom is 0.326 e. The molecule has 0 aliphatic carbocycles. The zero-order chi connectivity index (χ0) is 10.2. The highest BCUT2D eigenvalue weighted by atomic mass is 19.1. The number of rotatable bonds is 2. The van der Waals surface area contributed by atoms with Crippen molar-refractivity contribution in [3.63, 3.8) is 0 Å². The van der Waals surface area contributed by atoms with E-state index in [1.807, 2.05) is 4.90 Å². The molecule has 0 spiro atoms. The van der Waals surface area contributed by atoms with Crippen LogP contribution in [0.4, 0.5) is 4.39 Å². The average Bonchev–Trinajstić information content (AvgIpc) is 2.61. The van der Waals surface area contributed by atoms with Crippen molar-refractivity contribution in [2.75, 3.05) is 19.7 Å². The van der Waals surface area contributed by atoms with E-state index in [4.69, 9.17) is 4.74 Å². The number of carbonyl (C=O) groups excluding carboxylic acids is 1. The second-order valence-corrected chi connectivity index (χ2v) is 4.10. The van der Waals surface area contributed by atoms with Gasteiger partial charge >= 0.3 is 5.97 Å². The van der Waals surface area contributed by atoms with E-state index >= 15 is 0 Å². The number of carbonyl (C=O) groups is 1. The summed E-state index contributed by atoms with van der Waals surface area (Å²) in [7, 11) is 0. The Morgan fingerprint density at radius 3 is 3.21 bits per heavy atom. The Labute approximate surface area is 83.2 Å². The molecule has 80 valence electrons. The molecule has 2 fully saturated rings. The molecule has 2 heterocycles. The number of alkyl halides is 1. The van der Waals surface area contributed by atoms with Crippen molar-refractivity contribution in [1.82, 2.24) is 4.90 Å². The number of hydrogen-bond donors (Lipinski definition) is 0. The smallest absolute Gasteiger partial charge is 0.326 e. The first-order valence-electron chi connectivity index (χ1n) is 5.25. The van der Waals surface area contributed by atoms with Crippen molar-refractivity contribution in [2.24, 2.45) is 0 Å². The summed E-state index contributed by atoms with van der Waals surface area (Å²) >= 11 is 0. The third-order valence-corrected chi connectivity index (χ3v) is 3.26. The fourth-order valence-electron chi connectivity index (χ4n) is 2.68. The quantitative estimate of drug-likeness (QED) is 0.627. The van der Waals surface area contributed by atoms with Crippen LogP contribution in [0.25, 0.3) is 0 Å². The number of ether oxygens (including phenoxy) is 1. The van der Waals surface area contributed by atoms with Crippen LogP contribution in [0.3, 0.4) is 0 Å². The third-order valence-electron chi connectivity index (χ3n) is 3.26. The molecule has 0 unspecified atom stereocenters. The normalized spacial score (nSPS) is 37.1. The molecule has 0 amide bonds. The molecule has 0 aromatic heterocycles. The lowest BCUT2D eigenvalue weighted by Gasteiger charge is -2.28. The fraction of sp³-hybridized carbons (Fsp3) is 0.900. The molecule has 0 radical (unpaired) electrons. The second kappa shape index (κ2) is 3.50. The Hall–Kier alpha value is -0.640. The molecular weight excluding hydrogens is 185 g/mol. The first-order valence-corrected chi connectivity index (χ1v) is 5.25. The van der Waals surface area contributed by atoms with E-state index in [9.17, 15) is 9.18 Å². The molecule has 3 nitrogen and oxygen atoms in total.